The number of hydrogen-bond acceptors (Lipinski definition) is 3. The van der Waals surface area contributed by atoms with E-state index in [0.717, 1.165) is 12.8 Å². The van der Waals surface area contributed by atoms with Crippen LogP contribution in [0.5, 0.6) is 0 Å². The van der Waals surface area contributed by atoms with Crippen LogP contribution in [0.25, 0.3) is 0 Å². The summed E-state index contributed by atoms with van der Waals surface area (Å²) < 4.78 is 25.2. The fourth-order valence-electron chi connectivity index (χ4n) is 4.31. The molecule has 0 bridgehead atoms. The molecule has 2 atom stereocenters. The maximum atomic E-state index is 11.8. The van der Waals surface area contributed by atoms with Crippen molar-refractivity contribution in [3.63, 3.8) is 0 Å². The van der Waals surface area contributed by atoms with E-state index in [1.165, 1.54) is 44.8 Å². The molecule has 5 heteroatoms. The average molecular weight is 317 g/mol. The number of rotatable bonds is 5. The van der Waals surface area contributed by atoms with E-state index in [4.69, 9.17) is 0 Å². The molecular weight excluding hydrogens is 284 g/mol. The minimum Gasteiger partial charge on any atom is -0.316 e. The van der Waals surface area contributed by atoms with E-state index in [9.17, 15) is 8.42 Å². The smallest absolute Gasteiger partial charge is 0.211 e. The van der Waals surface area contributed by atoms with Gasteiger partial charge in [0, 0.05) is 19.1 Å². The first-order valence-corrected chi connectivity index (χ1v) is 10.3. The second-order valence-electron chi connectivity index (χ2n) is 7.42. The van der Waals surface area contributed by atoms with Crippen molar-refractivity contribution in [2.24, 2.45) is 11.3 Å². The summed E-state index contributed by atoms with van der Waals surface area (Å²) in [6.07, 6.45) is 11.3. The molecule has 0 amide bonds. The first kappa shape index (κ1) is 17.2. The van der Waals surface area contributed by atoms with Gasteiger partial charge in [0.2, 0.25) is 10.0 Å². The molecule has 0 aromatic rings. The molecule has 2 aliphatic rings. The topological polar surface area (TPSA) is 49.4 Å². The van der Waals surface area contributed by atoms with E-state index in [1.54, 1.807) is 4.31 Å². The summed E-state index contributed by atoms with van der Waals surface area (Å²) in [5.41, 5.74) is 0.389. The first-order chi connectivity index (χ1) is 9.85. The highest BCUT2D eigenvalue weighted by Gasteiger charge is 2.37. The molecule has 1 saturated heterocycles. The zero-order valence-electron chi connectivity index (χ0n) is 13.9. The van der Waals surface area contributed by atoms with E-state index < -0.39 is 10.0 Å². The highest BCUT2D eigenvalue weighted by Crippen LogP contribution is 2.41. The second-order valence-corrected chi connectivity index (χ2v) is 9.40. The standard InChI is InChI=1S/C16H32N2O2S/c1-16(9-5-4-6-10-16)15(17-2)12-14-8-7-11-18(13-14)21(3,19)20/h14-15,17H,4-13H2,1-3H3. The monoisotopic (exact) mass is 316 g/mol. The summed E-state index contributed by atoms with van der Waals surface area (Å²) in [5, 5.41) is 3.55. The minimum absolute atomic E-state index is 0.389. The van der Waals surface area contributed by atoms with Crippen molar-refractivity contribution in [2.45, 2.75) is 64.3 Å². The fraction of sp³-hybridized carbons (Fsp3) is 1.00. The van der Waals surface area contributed by atoms with Crippen LogP contribution in [0, 0.1) is 11.3 Å². The van der Waals surface area contributed by atoms with Gasteiger partial charge in [-0.25, -0.2) is 12.7 Å². The Kier molecular flexibility index (Phi) is 5.71. The van der Waals surface area contributed by atoms with Crippen molar-refractivity contribution in [3.8, 4) is 0 Å². The molecule has 0 aromatic heterocycles. The van der Waals surface area contributed by atoms with Gasteiger partial charge in [0.05, 0.1) is 6.26 Å². The first-order valence-electron chi connectivity index (χ1n) is 8.47. The van der Waals surface area contributed by atoms with Gasteiger partial charge in [-0.15, -0.1) is 0 Å². The molecule has 4 nitrogen and oxygen atoms in total. The summed E-state index contributed by atoms with van der Waals surface area (Å²) in [6.45, 7) is 3.84. The molecular formula is C16H32N2O2S. The SMILES string of the molecule is CNC(CC1CCCN(S(C)(=O)=O)C1)C1(C)CCCCC1. The molecule has 0 aromatic carbocycles. The van der Waals surface area contributed by atoms with Crippen LogP contribution in [0.4, 0.5) is 0 Å². The van der Waals surface area contributed by atoms with Crippen molar-refractivity contribution in [1.82, 2.24) is 9.62 Å². The largest absolute Gasteiger partial charge is 0.316 e. The van der Waals surface area contributed by atoms with E-state index in [0.29, 0.717) is 30.5 Å². The Balaban J connectivity index is 1.98. The van der Waals surface area contributed by atoms with Gasteiger partial charge >= 0.3 is 0 Å². The lowest BCUT2D eigenvalue weighted by molar-refractivity contribution is 0.117. The highest BCUT2D eigenvalue weighted by molar-refractivity contribution is 7.88. The van der Waals surface area contributed by atoms with Crippen LogP contribution in [-0.2, 0) is 10.0 Å². The van der Waals surface area contributed by atoms with Crippen LogP contribution in [0.15, 0.2) is 0 Å². The Morgan fingerprint density at radius 2 is 1.90 bits per heavy atom. The van der Waals surface area contributed by atoms with Gasteiger partial charge in [-0.05, 0) is 50.5 Å². The van der Waals surface area contributed by atoms with Gasteiger partial charge in [-0.2, -0.15) is 0 Å². The van der Waals surface area contributed by atoms with Crippen molar-refractivity contribution in [3.05, 3.63) is 0 Å². The lowest BCUT2D eigenvalue weighted by Crippen LogP contribution is -2.47. The van der Waals surface area contributed by atoms with E-state index >= 15 is 0 Å². The van der Waals surface area contributed by atoms with E-state index in [-0.39, 0.29) is 0 Å². The predicted octanol–water partition coefficient (Wildman–Crippen LogP) is 2.61. The number of sulfonamides is 1. The van der Waals surface area contributed by atoms with Gasteiger partial charge in [0.15, 0.2) is 0 Å². The van der Waals surface area contributed by atoms with E-state index in [1.807, 2.05) is 0 Å². The van der Waals surface area contributed by atoms with Crippen LogP contribution in [-0.4, -0.2) is 45.2 Å². The third-order valence-corrected chi connectivity index (χ3v) is 6.97. The van der Waals surface area contributed by atoms with Gasteiger partial charge in [-0.1, -0.05) is 26.2 Å². The zero-order chi connectivity index (χ0) is 15.5. The Morgan fingerprint density at radius 3 is 2.48 bits per heavy atom. The summed E-state index contributed by atoms with van der Waals surface area (Å²) in [6, 6.07) is 0.516. The molecule has 2 fully saturated rings. The van der Waals surface area contributed by atoms with Crippen molar-refractivity contribution < 1.29 is 8.42 Å². The van der Waals surface area contributed by atoms with Crippen LogP contribution in [0.1, 0.15) is 58.3 Å². The molecule has 2 unspecified atom stereocenters. The predicted molar refractivity (Wildman–Crippen MR) is 87.8 cm³/mol. The minimum atomic E-state index is -3.03. The van der Waals surface area contributed by atoms with Gasteiger partial charge in [-0.3, -0.25) is 0 Å². The third-order valence-electron chi connectivity index (χ3n) is 5.71. The molecule has 1 aliphatic heterocycles. The Labute approximate surface area is 130 Å². The molecule has 2 rings (SSSR count). The normalized spacial score (nSPS) is 29.2. The highest BCUT2D eigenvalue weighted by atomic mass is 32.2. The Hall–Kier alpha value is -0.130. The molecule has 0 spiro atoms. The number of piperidine rings is 1. The Morgan fingerprint density at radius 1 is 1.24 bits per heavy atom. The van der Waals surface area contributed by atoms with Crippen molar-refractivity contribution in [2.75, 3.05) is 26.4 Å². The summed E-state index contributed by atoms with van der Waals surface area (Å²) in [4.78, 5) is 0. The van der Waals surface area contributed by atoms with E-state index in [2.05, 4.69) is 19.3 Å². The molecule has 1 saturated carbocycles. The maximum absolute atomic E-state index is 11.8. The molecule has 1 heterocycles. The molecule has 21 heavy (non-hydrogen) atoms. The number of nitrogens with one attached hydrogen (secondary N) is 1. The van der Waals surface area contributed by atoms with Crippen LogP contribution >= 0.6 is 0 Å². The molecule has 124 valence electrons. The lowest BCUT2D eigenvalue weighted by atomic mass is 9.68. The summed E-state index contributed by atoms with van der Waals surface area (Å²) >= 11 is 0. The molecule has 0 radical (unpaired) electrons. The van der Waals surface area contributed by atoms with Crippen LogP contribution < -0.4 is 5.32 Å². The fourth-order valence-corrected chi connectivity index (χ4v) is 5.25. The van der Waals surface area contributed by atoms with Gasteiger partial charge < -0.3 is 5.32 Å². The average Bonchev–Trinajstić information content (AvgIpc) is 2.45. The molecule has 1 aliphatic carbocycles. The van der Waals surface area contributed by atoms with Crippen molar-refractivity contribution in [1.29, 1.82) is 0 Å². The second kappa shape index (κ2) is 6.97. The maximum Gasteiger partial charge on any atom is 0.211 e. The van der Waals surface area contributed by atoms with Gasteiger partial charge in [0.1, 0.15) is 0 Å². The van der Waals surface area contributed by atoms with Crippen LogP contribution in [0.2, 0.25) is 0 Å². The van der Waals surface area contributed by atoms with Gasteiger partial charge in [0.25, 0.3) is 0 Å². The zero-order valence-corrected chi connectivity index (χ0v) is 14.7. The molecule has 1 N–H and O–H groups in total. The quantitative estimate of drug-likeness (QED) is 0.848. The Bertz CT molecular complexity index is 430. The summed E-state index contributed by atoms with van der Waals surface area (Å²) in [5.74, 6) is 0.504. The summed E-state index contributed by atoms with van der Waals surface area (Å²) in [7, 11) is -0.957. The number of nitrogens with zero attached hydrogens (tertiary/aromatic N) is 1. The van der Waals surface area contributed by atoms with Crippen LogP contribution in [0.3, 0.4) is 0 Å². The number of hydrogen-bond donors (Lipinski definition) is 1. The van der Waals surface area contributed by atoms with Crippen molar-refractivity contribution >= 4 is 10.0 Å². The lowest BCUT2D eigenvalue weighted by Gasteiger charge is -2.43. The third kappa shape index (κ3) is 4.42.